The number of rotatable bonds is 3. The lowest BCUT2D eigenvalue weighted by Crippen LogP contribution is -2.43. The van der Waals surface area contributed by atoms with Crippen LogP contribution in [0.1, 0.15) is 13.3 Å². The van der Waals surface area contributed by atoms with Crippen molar-refractivity contribution in [2.24, 2.45) is 5.92 Å². The van der Waals surface area contributed by atoms with E-state index in [1.807, 2.05) is 6.92 Å². The van der Waals surface area contributed by atoms with Crippen LogP contribution in [0, 0.1) is 5.92 Å². The Labute approximate surface area is 60.9 Å². The fourth-order valence-corrected chi connectivity index (χ4v) is 1.14. The van der Waals surface area contributed by atoms with Gasteiger partial charge in [-0.05, 0) is 6.92 Å². The summed E-state index contributed by atoms with van der Waals surface area (Å²) < 4.78 is 5.17. The van der Waals surface area contributed by atoms with Crippen molar-refractivity contribution in [1.29, 1.82) is 0 Å². The smallest absolute Gasteiger partial charge is 0.162 e. The Morgan fingerprint density at radius 2 is 2.60 bits per heavy atom. The molecule has 0 saturated heterocycles. The predicted molar refractivity (Wildman–Crippen MR) is 38.7 cm³/mol. The molecule has 1 rings (SSSR count). The van der Waals surface area contributed by atoms with Crippen molar-refractivity contribution in [2.45, 2.75) is 19.4 Å². The third kappa shape index (κ3) is 1.12. The second-order valence-corrected chi connectivity index (χ2v) is 2.45. The van der Waals surface area contributed by atoms with E-state index in [0.717, 1.165) is 0 Å². The molecule has 1 saturated carbocycles. The topological polar surface area (TPSA) is 26.3 Å². The molecule has 1 fully saturated rings. The number of carbonyl (C=O) groups excluding carboxylic acids is 1. The first kappa shape index (κ1) is 7.48. The van der Waals surface area contributed by atoms with Gasteiger partial charge in [-0.15, -0.1) is 6.58 Å². The van der Waals surface area contributed by atoms with Gasteiger partial charge in [-0.25, -0.2) is 0 Å². The van der Waals surface area contributed by atoms with Crippen molar-refractivity contribution < 1.29 is 9.53 Å². The highest BCUT2D eigenvalue weighted by molar-refractivity contribution is 5.90. The molecule has 2 nitrogen and oxygen atoms in total. The van der Waals surface area contributed by atoms with Gasteiger partial charge >= 0.3 is 0 Å². The van der Waals surface area contributed by atoms with Gasteiger partial charge in [0.15, 0.2) is 5.78 Å². The van der Waals surface area contributed by atoms with Gasteiger partial charge in [-0.3, -0.25) is 4.79 Å². The van der Waals surface area contributed by atoms with Gasteiger partial charge in [0.05, 0.1) is 0 Å². The maximum atomic E-state index is 10.8. The monoisotopic (exact) mass is 140 g/mol. The van der Waals surface area contributed by atoms with E-state index in [1.54, 1.807) is 6.08 Å². The van der Waals surface area contributed by atoms with Crippen LogP contribution in [0.5, 0.6) is 0 Å². The van der Waals surface area contributed by atoms with Gasteiger partial charge in [0.2, 0.25) is 0 Å². The van der Waals surface area contributed by atoms with E-state index >= 15 is 0 Å². The average Bonchev–Trinajstić information content (AvgIpc) is 1.95. The van der Waals surface area contributed by atoms with E-state index in [4.69, 9.17) is 4.74 Å². The minimum Gasteiger partial charge on any atom is -0.370 e. The van der Waals surface area contributed by atoms with Crippen LogP contribution in [0.4, 0.5) is 0 Å². The molecule has 2 heteroatoms. The summed E-state index contributed by atoms with van der Waals surface area (Å²) in [5.41, 5.74) is 0. The molecule has 0 spiro atoms. The summed E-state index contributed by atoms with van der Waals surface area (Å²) in [6.45, 7) is 6.12. The normalized spacial score (nSPS) is 31.5. The first-order valence-corrected chi connectivity index (χ1v) is 3.56. The number of hydrogen-bond donors (Lipinski definition) is 0. The van der Waals surface area contributed by atoms with Gasteiger partial charge in [0.25, 0.3) is 0 Å². The molecule has 0 aromatic carbocycles. The van der Waals surface area contributed by atoms with Gasteiger partial charge in [-0.1, -0.05) is 6.08 Å². The lowest BCUT2D eigenvalue weighted by atomic mass is 9.80. The summed E-state index contributed by atoms with van der Waals surface area (Å²) in [4.78, 5) is 10.8. The number of ether oxygens (including phenoxy) is 1. The van der Waals surface area contributed by atoms with E-state index in [0.29, 0.717) is 13.0 Å². The Balaban J connectivity index is 2.39. The zero-order chi connectivity index (χ0) is 7.56. The van der Waals surface area contributed by atoms with Crippen molar-refractivity contribution in [2.75, 3.05) is 6.61 Å². The largest absolute Gasteiger partial charge is 0.370 e. The molecule has 0 heterocycles. The predicted octanol–water partition coefficient (Wildman–Crippen LogP) is 1.17. The Hall–Kier alpha value is -0.630. The van der Waals surface area contributed by atoms with Crippen molar-refractivity contribution in [3.05, 3.63) is 12.7 Å². The van der Waals surface area contributed by atoms with E-state index in [1.165, 1.54) is 0 Å². The van der Waals surface area contributed by atoms with E-state index in [9.17, 15) is 4.79 Å². The molecular weight excluding hydrogens is 128 g/mol. The highest BCUT2D eigenvalue weighted by atomic mass is 16.5. The molecule has 0 aliphatic heterocycles. The minimum atomic E-state index is -0.178. The second kappa shape index (κ2) is 2.97. The zero-order valence-corrected chi connectivity index (χ0v) is 6.17. The highest BCUT2D eigenvalue weighted by Gasteiger charge is 2.37. The molecule has 0 bridgehead atoms. The third-order valence-electron chi connectivity index (χ3n) is 1.79. The Morgan fingerprint density at radius 1 is 1.90 bits per heavy atom. The van der Waals surface area contributed by atoms with Crippen molar-refractivity contribution in [3.8, 4) is 0 Å². The Bertz CT molecular complexity index is 151. The van der Waals surface area contributed by atoms with E-state index in [-0.39, 0.29) is 17.8 Å². The molecule has 1 aliphatic rings. The molecule has 2 atom stereocenters. The van der Waals surface area contributed by atoms with Crippen molar-refractivity contribution in [3.63, 3.8) is 0 Å². The van der Waals surface area contributed by atoms with Gasteiger partial charge < -0.3 is 4.74 Å². The molecule has 0 N–H and O–H groups in total. The van der Waals surface area contributed by atoms with Crippen molar-refractivity contribution >= 4 is 5.78 Å². The summed E-state index contributed by atoms with van der Waals surface area (Å²) in [6, 6.07) is 0. The fraction of sp³-hybridized carbons (Fsp3) is 0.625. The molecular formula is C8H12O2. The van der Waals surface area contributed by atoms with Gasteiger partial charge in [0.1, 0.15) is 6.10 Å². The van der Waals surface area contributed by atoms with Crippen LogP contribution in [0.2, 0.25) is 0 Å². The fourth-order valence-electron chi connectivity index (χ4n) is 1.14. The maximum absolute atomic E-state index is 10.8. The molecule has 56 valence electrons. The third-order valence-corrected chi connectivity index (χ3v) is 1.79. The molecule has 0 aromatic rings. The highest BCUT2D eigenvalue weighted by Crippen LogP contribution is 2.27. The van der Waals surface area contributed by atoms with Crippen LogP contribution in [-0.2, 0) is 9.53 Å². The Morgan fingerprint density at radius 3 is 3.00 bits per heavy atom. The molecule has 0 radical (unpaired) electrons. The second-order valence-electron chi connectivity index (χ2n) is 2.45. The lowest BCUT2D eigenvalue weighted by Gasteiger charge is -2.31. The van der Waals surface area contributed by atoms with Gasteiger partial charge in [0, 0.05) is 18.9 Å². The average molecular weight is 140 g/mol. The Kier molecular flexibility index (Phi) is 2.22. The van der Waals surface area contributed by atoms with Gasteiger partial charge in [-0.2, -0.15) is 0 Å². The lowest BCUT2D eigenvalue weighted by molar-refractivity contribution is -0.144. The van der Waals surface area contributed by atoms with E-state index < -0.39 is 0 Å². The zero-order valence-electron chi connectivity index (χ0n) is 6.17. The summed E-state index contributed by atoms with van der Waals surface area (Å²) in [5.74, 6) is 0.485. The van der Waals surface area contributed by atoms with Crippen LogP contribution >= 0.6 is 0 Å². The summed E-state index contributed by atoms with van der Waals surface area (Å²) >= 11 is 0. The van der Waals surface area contributed by atoms with Crippen LogP contribution in [-0.4, -0.2) is 18.5 Å². The first-order valence-electron chi connectivity index (χ1n) is 3.56. The number of hydrogen-bond acceptors (Lipinski definition) is 2. The van der Waals surface area contributed by atoms with Crippen LogP contribution in [0.15, 0.2) is 12.7 Å². The maximum Gasteiger partial charge on any atom is 0.162 e. The molecule has 0 amide bonds. The molecule has 1 aliphatic carbocycles. The summed E-state index contributed by atoms with van der Waals surface area (Å²) in [5, 5.41) is 0. The number of ketones is 1. The first-order chi connectivity index (χ1) is 4.79. The van der Waals surface area contributed by atoms with Crippen molar-refractivity contribution in [1.82, 2.24) is 0 Å². The molecule has 2 unspecified atom stereocenters. The van der Waals surface area contributed by atoms with E-state index in [2.05, 4.69) is 6.58 Å². The summed E-state index contributed by atoms with van der Waals surface area (Å²) in [6.07, 6.45) is 2.23. The van der Waals surface area contributed by atoms with Crippen LogP contribution in [0.3, 0.4) is 0 Å². The summed E-state index contributed by atoms with van der Waals surface area (Å²) in [7, 11) is 0. The molecule has 10 heavy (non-hydrogen) atoms. The van der Waals surface area contributed by atoms with Crippen LogP contribution in [0.25, 0.3) is 0 Å². The molecule has 0 aromatic heterocycles. The number of carbonyl (C=O) groups is 1. The quantitative estimate of drug-likeness (QED) is 0.550. The van der Waals surface area contributed by atoms with Crippen LogP contribution < -0.4 is 0 Å². The number of Topliss-reactive ketones (excluding diaryl/α,β-unsaturated/α-hetero) is 1. The SMILES string of the molecule is C=CC1CC(=O)C1OCC. The minimum absolute atomic E-state index is 0.178. The standard InChI is InChI=1S/C8H12O2/c1-3-6-5-7(9)8(6)10-4-2/h3,6,8H,1,4-5H2,2H3.